The number of carbonyl (C=O) groups is 1. The maximum atomic E-state index is 10.8. The number of aryl methyl sites for hydroxylation is 1. The van der Waals surface area contributed by atoms with Crippen LogP contribution in [0.4, 0.5) is 0 Å². The fourth-order valence-corrected chi connectivity index (χ4v) is 1.27. The molecular formula is C5H9N5OS. The van der Waals surface area contributed by atoms with E-state index in [1.807, 2.05) is 0 Å². The van der Waals surface area contributed by atoms with Crippen molar-refractivity contribution in [2.24, 2.45) is 7.05 Å². The lowest BCUT2D eigenvalue weighted by atomic mass is 10.7. The molecule has 0 aliphatic carbocycles. The van der Waals surface area contributed by atoms with Gasteiger partial charge in [0.05, 0.1) is 5.75 Å². The molecule has 1 heterocycles. The van der Waals surface area contributed by atoms with E-state index >= 15 is 0 Å². The van der Waals surface area contributed by atoms with Gasteiger partial charge in [0.15, 0.2) is 0 Å². The summed E-state index contributed by atoms with van der Waals surface area (Å²) in [7, 11) is 3.32. The molecule has 0 aliphatic rings. The third-order valence-corrected chi connectivity index (χ3v) is 2.20. The summed E-state index contributed by atoms with van der Waals surface area (Å²) in [5.41, 5.74) is 0. The van der Waals surface area contributed by atoms with Crippen LogP contribution in [0.2, 0.25) is 0 Å². The number of aromatic nitrogens is 4. The van der Waals surface area contributed by atoms with E-state index in [0.717, 1.165) is 0 Å². The molecule has 0 saturated carbocycles. The highest BCUT2D eigenvalue weighted by Gasteiger charge is 2.05. The molecule has 1 aromatic rings. The van der Waals surface area contributed by atoms with Crippen LogP contribution < -0.4 is 5.32 Å². The molecular weight excluding hydrogens is 178 g/mol. The van der Waals surface area contributed by atoms with Gasteiger partial charge in [-0.25, -0.2) is 4.68 Å². The minimum atomic E-state index is -0.0389. The number of carbonyl (C=O) groups excluding carboxylic acids is 1. The monoisotopic (exact) mass is 187 g/mol. The van der Waals surface area contributed by atoms with Crippen molar-refractivity contribution >= 4 is 17.7 Å². The van der Waals surface area contributed by atoms with Crippen molar-refractivity contribution in [2.45, 2.75) is 5.16 Å². The summed E-state index contributed by atoms with van der Waals surface area (Å²) in [5.74, 6) is 0.299. The number of rotatable bonds is 3. The summed E-state index contributed by atoms with van der Waals surface area (Å²) >= 11 is 1.30. The first kappa shape index (κ1) is 8.98. The lowest BCUT2D eigenvalue weighted by Gasteiger charge is -1.97. The predicted molar refractivity (Wildman–Crippen MR) is 43.6 cm³/mol. The van der Waals surface area contributed by atoms with Crippen molar-refractivity contribution in [2.75, 3.05) is 12.8 Å². The van der Waals surface area contributed by atoms with Gasteiger partial charge in [-0.2, -0.15) is 0 Å². The molecule has 1 aromatic heterocycles. The first-order valence-electron chi connectivity index (χ1n) is 3.29. The van der Waals surface area contributed by atoms with E-state index in [0.29, 0.717) is 10.9 Å². The lowest BCUT2D eigenvalue weighted by molar-refractivity contribution is -0.118. The second-order valence-electron chi connectivity index (χ2n) is 2.05. The molecule has 66 valence electrons. The number of nitrogens with zero attached hydrogens (tertiary/aromatic N) is 4. The number of hydrogen-bond donors (Lipinski definition) is 1. The second kappa shape index (κ2) is 4.05. The Kier molecular flexibility index (Phi) is 3.03. The molecule has 6 nitrogen and oxygen atoms in total. The summed E-state index contributed by atoms with van der Waals surface area (Å²) in [6.07, 6.45) is 0. The highest BCUT2D eigenvalue weighted by molar-refractivity contribution is 7.99. The van der Waals surface area contributed by atoms with Gasteiger partial charge in [0.25, 0.3) is 0 Å². The van der Waals surface area contributed by atoms with Crippen molar-refractivity contribution in [3.8, 4) is 0 Å². The molecule has 0 aliphatic heterocycles. The number of hydrogen-bond acceptors (Lipinski definition) is 5. The molecule has 1 N–H and O–H groups in total. The van der Waals surface area contributed by atoms with Gasteiger partial charge in [0, 0.05) is 14.1 Å². The van der Waals surface area contributed by atoms with Crippen LogP contribution in [0.25, 0.3) is 0 Å². The summed E-state index contributed by atoms with van der Waals surface area (Å²) in [6, 6.07) is 0. The number of amides is 1. The van der Waals surface area contributed by atoms with E-state index < -0.39 is 0 Å². The zero-order valence-electron chi connectivity index (χ0n) is 6.81. The Balaban J connectivity index is 2.43. The lowest BCUT2D eigenvalue weighted by Crippen LogP contribution is -2.20. The van der Waals surface area contributed by atoms with E-state index in [4.69, 9.17) is 0 Å². The van der Waals surface area contributed by atoms with Crippen molar-refractivity contribution in [3.05, 3.63) is 0 Å². The van der Waals surface area contributed by atoms with Crippen LogP contribution in [-0.2, 0) is 11.8 Å². The Morgan fingerprint density at radius 1 is 1.75 bits per heavy atom. The first-order chi connectivity index (χ1) is 5.74. The van der Waals surface area contributed by atoms with Crippen molar-refractivity contribution in [1.29, 1.82) is 0 Å². The van der Waals surface area contributed by atoms with Gasteiger partial charge < -0.3 is 5.32 Å². The first-order valence-corrected chi connectivity index (χ1v) is 4.28. The van der Waals surface area contributed by atoms with Crippen LogP contribution in [0, 0.1) is 0 Å². The standard InChI is InChI=1S/C5H9N5OS/c1-6-4(11)3-12-5-7-8-9-10(5)2/h3H2,1-2H3,(H,6,11). The normalized spacial score (nSPS) is 9.83. The van der Waals surface area contributed by atoms with Crippen LogP contribution in [0.15, 0.2) is 5.16 Å². The smallest absolute Gasteiger partial charge is 0.230 e. The largest absolute Gasteiger partial charge is 0.358 e. The zero-order valence-corrected chi connectivity index (χ0v) is 7.63. The van der Waals surface area contributed by atoms with Gasteiger partial charge in [-0.3, -0.25) is 4.79 Å². The molecule has 0 atom stereocenters. The fourth-order valence-electron chi connectivity index (χ4n) is 0.546. The second-order valence-corrected chi connectivity index (χ2v) is 2.99. The molecule has 0 fully saturated rings. The zero-order chi connectivity index (χ0) is 8.97. The van der Waals surface area contributed by atoms with Crippen LogP contribution in [0.1, 0.15) is 0 Å². The Bertz CT molecular complexity index is 273. The molecule has 0 radical (unpaired) electrons. The Hall–Kier alpha value is -1.11. The molecule has 0 aromatic carbocycles. The third kappa shape index (κ3) is 2.19. The summed E-state index contributed by atoms with van der Waals surface area (Å²) in [6.45, 7) is 0. The minimum Gasteiger partial charge on any atom is -0.358 e. The molecule has 1 rings (SSSR count). The SMILES string of the molecule is CNC(=O)CSc1nnnn1C. The Morgan fingerprint density at radius 3 is 3.00 bits per heavy atom. The van der Waals surface area contributed by atoms with Crippen molar-refractivity contribution in [3.63, 3.8) is 0 Å². The van der Waals surface area contributed by atoms with E-state index in [1.54, 1.807) is 14.1 Å². The summed E-state index contributed by atoms with van der Waals surface area (Å²) < 4.78 is 1.52. The number of tetrazole rings is 1. The van der Waals surface area contributed by atoms with Crippen LogP contribution in [-0.4, -0.2) is 38.9 Å². The van der Waals surface area contributed by atoms with Crippen LogP contribution in [0.3, 0.4) is 0 Å². The van der Waals surface area contributed by atoms with Gasteiger partial charge in [-0.05, 0) is 10.4 Å². The van der Waals surface area contributed by atoms with E-state index in [1.165, 1.54) is 16.4 Å². The fraction of sp³-hybridized carbons (Fsp3) is 0.600. The molecule has 0 saturated heterocycles. The van der Waals surface area contributed by atoms with Gasteiger partial charge in [-0.1, -0.05) is 11.8 Å². The molecule has 12 heavy (non-hydrogen) atoms. The van der Waals surface area contributed by atoms with Crippen LogP contribution in [0.5, 0.6) is 0 Å². The van der Waals surface area contributed by atoms with Gasteiger partial charge >= 0.3 is 0 Å². The molecule has 0 unspecified atom stereocenters. The molecule has 1 amide bonds. The molecule has 0 bridgehead atoms. The quantitative estimate of drug-likeness (QED) is 0.617. The average Bonchev–Trinajstić information content (AvgIpc) is 2.47. The van der Waals surface area contributed by atoms with Gasteiger partial charge in [0.2, 0.25) is 11.1 Å². The van der Waals surface area contributed by atoms with E-state index in [-0.39, 0.29) is 5.91 Å². The van der Waals surface area contributed by atoms with Crippen molar-refractivity contribution in [1.82, 2.24) is 25.5 Å². The third-order valence-electron chi connectivity index (χ3n) is 1.19. The Morgan fingerprint density at radius 2 is 2.50 bits per heavy atom. The highest BCUT2D eigenvalue weighted by Crippen LogP contribution is 2.10. The van der Waals surface area contributed by atoms with E-state index in [2.05, 4.69) is 20.8 Å². The summed E-state index contributed by atoms with van der Waals surface area (Å²) in [4.78, 5) is 10.8. The number of nitrogens with one attached hydrogen (secondary N) is 1. The number of thioether (sulfide) groups is 1. The van der Waals surface area contributed by atoms with Crippen LogP contribution >= 0.6 is 11.8 Å². The highest BCUT2D eigenvalue weighted by atomic mass is 32.2. The predicted octanol–water partition coefficient (Wildman–Crippen LogP) is -0.952. The van der Waals surface area contributed by atoms with Gasteiger partial charge in [-0.15, -0.1) is 5.10 Å². The maximum absolute atomic E-state index is 10.8. The van der Waals surface area contributed by atoms with Gasteiger partial charge in [0.1, 0.15) is 0 Å². The topological polar surface area (TPSA) is 72.7 Å². The Labute approximate surface area is 73.7 Å². The maximum Gasteiger partial charge on any atom is 0.230 e. The molecule has 0 spiro atoms. The van der Waals surface area contributed by atoms with E-state index in [9.17, 15) is 4.79 Å². The minimum absolute atomic E-state index is 0.0389. The summed E-state index contributed by atoms with van der Waals surface area (Å²) in [5, 5.41) is 13.9. The average molecular weight is 187 g/mol. The molecule has 7 heteroatoms. The van der Waals surface area contributed by atoms with Crippen molar-refractivity contribution < 1.29 is 4.79 Å².